The van der Waals surface area contributed by atoms with Crippen molar-refractivity contribution in [1.82, 2.24) is 5.43 Å². The molecule has 1 aromatic carbocycles. The molecule has 0 aliphatic heterocycles. The first-order valence-electron chi connectivity index (χ1n) is 7.40. The average Bonchev–Trinajstić information content (AvgIpc) is 2.65. The molecule has 0 bridgehead atoms. The summed E-state index contributed by atoms with van der Waals surface area (Å²) in [4.78, 5) is 0. The Balaban J connectivity index is 2.37. The lowest BCUT2D eigenvalue weighted by atomic mass is 9.82. The topological polar surface area (TPSA) is 47.3 Å². The number of rotatable bonds is 4. The van der Waals surface area contributed by atoms with Crippen LogP contribution in [0.5, 0.6) is 0 Å². The van der Waals surface area contributed by atoms with E-state index in [1.165, 1.54) is 18.9 Å². The number of hydrogen-bond acceptors (Lipinski definition) is 3. The third kappa shape index (κ3) is 3.19. The summed E-state index contributed by atoms with van der Waals surface area (Å²) in [5, 5.41) is 0. The third-order valence-corrected chi connectivity index (χ3v) is 4.45. The normalized spacial score (nSPS) is 20.4. The molecule has 1 atom stereocenters. The summed E-state index contributed by atoms with van der Waals surface area (Å²) in [7, 11) is 1.74. The van der Waals surface area contributed by atoms with E-state index in [9.17, 15) is 4.39 Å². The molecule has 0 radical (unpaired) electrons. The second-order valence-electron chi connectivity index (χ2n) is 5.84. The Morgan fingerprint density at radius 3 is 2.35 bits per heavy atom. The van der Waals surface area contributed by atoms with Gasteiger partial charge in [0, 0.05) is 7.11 Å². The monoisotopic (exact) mass is 280 g/mol. The van der Waals surface area contributed by atoms with Crippen LogP contribution in [-0.2, 0) is 4.74 Å². The maximum Gasteiger partial charge on any atom is 0.123 e. The molecule has 20 heavy (non-hydrogen) atoms. The van der Waals surface area contributed by atoms with Crippen LogP contribution >= 0.6 is 0 Å². The Kier molecular flexibility index (Phi) is 5.13. The van der Waals surface area contributed by atoms with Crippen LogP contribution < -0.4 is 11.3 Å². The highest BCUT2D eigenvalue weighted by molar-refractivity contribution is 5.28. The van der Waals surface area contributed by atoms with E-state index in [-0.39, 0.29) is 17.5 Å². The molecule has 1 aliphatic rings. The van der Waals surface area contributed by atoms with Gasteiger partial charge in [0.25, 0.3) is 0 Å². The molecule has 0 heterocycles. The quantitative estimate of drug-likeness (QED) is 0.505. The Labute approximate surface area is 120 Å². The van der Waals surface area contributed by atoms with Crippen LogP contribution in [0.2, 0.25) is 0 Å². The Morgan fingerprint density at radius 2 is 1.85 bits per heavy atom. The van der Waals surface area contributed by atoms with E-state index in [2.05, 4.69) is 5.43 Å². The zero-order chi connectivity index (χ0) is 14.6. The molecular formula is C16H25FN2O. The van der Waals surface area contributed by atoms with Gasteiger partial charge < -0.3 is 4.74 Å². The van der Waals surface area contributed by atoms with E-state index >= 15 is 0 Å². The summed E-state index contributed by atoms with van der Waals surface area (Å²) in [5.74, 6) is 5.57. The molecule has 3 nitrogen and oxygen atoms in total. The van der Waals surface area contributed by atoms with Gasteiger partial charge in [-0.1, -0.05) is 31.7 Å². The SMILES string of the molecule is COC1(C(NN)c2cc(C)cc(F)c2)CCCCCC1. The molecule has 0 spiro atoms. The van der Waals surface area contributed by atoms with Gasteiger partial charge in [-0.05, 0) is 43.0 Å². The van der Waals surface area contributed by atoms with E-state index in [0.29, 0.717) is 0 Å². The van der Waals surface area contributed by atoms with Gasteiger partial charge in [0.1, 0.15) is 5.82 Å². The van der Waals surface area contributed by atoms with Gasteiger partial charge >= 0.3 is 0 Å². The molecule has 0 amide bonds. The van der Waals surface area contributed by atoms with Gasteiger partial charge in [0.05, 0.1) is 11.6 Å². The molecule has 1 aliphatic carbocycles. The van der Waals surface area contributed by atoms with Gasteiger partial charge in [-0.3, -0.25) is 11.3 Å². The van der Waals surface area contributed by atoms with Gasteiger partial charge in [-0.25, -0.2) is 4.39 Å². The minimum atomic E-state index is -0.342. The number of nitrogens with one attached hydrogen (secondary N) is 1. The van der Waals surface area contributed by atoms with Crippen molar-refractivity contribution in [2.45, 2.75) is 57.1 Å². The number of aryl methyl sites for hydroxylation is 1. The minimum Gasteiger partial charge on any atom is -0.376 e. The van der Waals surface area contributed by atoms with Gasteiger partial charge in [0.15, 0.2) is 0 Å². The number of benzene rings is 1. The third-order valence-electron chi connectivity index (χ3n) is 4.45. The number of hydrazine groups is 1. The van der Waals surface area contributed by atoms with E-state index in [1.807, 2.05) is 13.0 Å². The fourth-order valence-corrected chi connectivity index (χ4v) is 3.42. The van der Waals surface area contributed by atoms with E-state index in [1.54, 1.807) is 13.2 Å². The molecule has 112 valence electrons. The smallest absolute Gasteiger partial charge is 0.123 e. The molecule has 2 rings (SSSR count). The molecule has 1 saturated carbocycles. The summed E-state index contributed by atoms with van der Waals surface area (Å²) in [5.41, 5.74) is 4.30. The van der Waals surface area contributed by atoms with Crippen LogP contribution in [0.25, 0.3) is 0 Å². The first-order chi connectivity index (χ1) is 9.61. The lowest BCUT2D eigenvalue weighted by Crippen LogP contribution is -2.48. The number of halogens is 1. The summed E-state index contributed by atoms with van der Waals surface area (Å²) in [6.45, 7) is 1.90. The molecule has 3 N–H and O–H groups in total. The van der Waals surface area contributed by atoms with Crippen molar-refractivity contribution in [2.75, 3.05) is 7.11 Å². The molecule has 0 aromatic heterocycles. The van der Waals surface area contributed by atoms with Crippen LogP contribution in [0.4, 0.5) is 4.39 Å². The zero-order valence-electron chi connectivity index (χ0n) is 12.4. The first kappa shape index (κ1) is 15.4. The summed E-state index contributed by atoms with van der Waals surface area (Å²) in [6.07, 6.45) is 6.61. The predicted octanol–water partition coefficient (Wildman–Crippen LogP) is 3.38. The largest absolute Gasteiger partial charge is 0.376 e. The standard InChI is InChI=1S/C16H25FN2O/c1-12-9-13(11-14(17)10-12)15(19-18)16(20-2)7-5-3-4-6-8-16/h9-11,15,19H,3-8,18H2,1-2H3. The fourth-order valence-electron chi connectivity index (χ4n) is 3.42. The second kappa shape index (κ2) is 6.66. The van der Waals surface area contributed by atoms with E-state index < -0.39 is 0 Å². The molecule has 1 aromatic rings. The van der Waals surface area contributed by atoms with Crippen molar-refractivity contribution < 1.29 is 9.13 Å². The lowest BCUT2D eigenvalue weighted by Gasteiger charge is -2.39. The summed E-state index contributed by atoms with van der Waals surface area (Å²) >= 11 is 0. The van der Waals surface area contributed by atoms with Crippen LogP contribution in [0.1, 0.15) is 55.7 Å². The van der Waals surface area contributed by atoms with Crippen molar-refractivity contribution in [3.63, 3.8) is 0 Å². The average molecular weight is 280 g/mol. The van der Waals surface area contributed by atoms with Crippen molar-refractivity contribution in [1.29, 1.82) is 0 Å². The maximum absolute atomic E-state index is 13.7. The van der Waals surface area contributed by atoms with Gasteiger partial charge in [-0.15, -0.1) is 0 Å². The highest BCUT2D eigenvalue weighted by Gasteiger charge is 2.39. The van der Waals surface area contributed by atoms with Gasteiger partial charge in [0.2, 0.25) is 0 Å². The lowest BCUT2D eigenvalue weighted by molar-refractivity contribution is -0.0541. The molecule has 1 fully saturated rings. The van der Waals surface area contributed by atoms with E-state index in [0.717, 1.165) is 36.8 Å². The Morgan fingerprint density at radius 1 is 1.20 bits per heavy atom. The highest BCUT2D eigenvalue weighted by atomic mass is 19.1. The zero-order valence-corrected chi connectivity index (χ0v) is 12.4. The summed E-state index contributed by atoms with van der Waals surface area (Å²) in [6, 6.07) is 4.89. The van der Waals surface area contributed by atoms with Crippen LogP contribution in [-0.4, -0.2) is 12.7 Å². The van der Waals surface area contributed by atoms with Crippen molar-refractivity contribution in [3.8, 4) is 0 Å². The fraction of sp³-hybridized carbons (Fsp3) is 0.625. The number of hydrogen-bond donors (Lipinski definition) is 2. The van der Waals surface area contributed by atoms with Crippen LogP contribution in [0.3, 0.4) is 0 Å². The molecule has 1 unspecified atom stereocenters. The number of ether oxygens (including phenoxy) is 1. The van der Waals surface area contributed by atoms with Crippen molar-refractivity contribution in [2.24, 2.45) is 5.84 Å². The first-order valence-corrected chi connectivity index (χ1v) is 7.40. The van der Waals surface area contributed by atoms with Crippen molar-refractivity contribution >= 4 is 0 Å². The van der Waals surface area contributed by atoms with Crippen LogP contribution in [0.15, 0.2) is 18.2 Å². The number of methoxy groups -OCH3 is 1. The maximum atomic E-state index is 13.7. The number of nitrogens with two attached hydrogens (primary N) is 1. The molecule has 4 heteroatoms. The molecule has 0 saturated heterocycles. The van der Waals surface area contributed by atoms with E-state index in [4.69, 9.17) is 10.6 Å². The second-order valence-corrected chi connectivity index (χ2v) is 5.84. The Hall–Kier alpha value is -0.970. The van der Waals surface area contributed by atoms with Gasteiger partial charge in [-0.2, -0.15) is 0 Å². The summed E-state index contributed by atoms with van der Waals surface area (Å²) < 4.78 is 19.6. The predicted molar refractivity (Wildman–Crippen MR) is 78.6 cm³/mol. The minimum absolute atomic E-state index is 0.181. The van der Waals surface area contributed by atoms with Crippen LogP contribution in [0, 0.1) is 12.7 Å². The van der Waals surface area contributed by atoms with Crippen molar-refractivity contribution in [3.05, 3.63) is 35.1 Å². The Bertz CT molecular complexity index is 422. The molecular weight excluding hydrogens is 255 g/mol. The highest BCUT2D eigenvalue weighted by Crippen LogP contribution is 2.40.